The molecule has 0 aromatic rings. The van der Waals surface area contributed by atoms with Gasteiger partial charge < -0.3 is 15.5 Å². The molecule has 0 amide bonds. The van der Waals surface area contributed by atoms with E-state index >= 15 is 0 Å². The van der Waals surface area contributed by atoms with Gasteiger partial charge in [-0.3, -0.25) is 0 Å². The Kier molecular flexibility index (Phi) is 5.39. The van der Waals surface area contributed by atoms with E-state index < -0.39 is 0 Å². The van der Waals surface area contributed by atoms with Crippen molar-refractivity contribution in [2.45, 2.75) is 26.7 Å². The number of rotatable bonds is 1. The molecular weight excluding hydrogens is 198 g/mol. The van der Waals surface area contributed by atoms with Gasteiger partial charge in [-0.2, -0.15) is 0 Å². The van der Waals surface area contributed by atoms with E-state index in [4.69, 9.17) is 5.73 Å². The lowest BCUT2D eigenvalue weighted by Crippen LogP contribution is -2.44. The number of nitrogens with two attached hydrogens (primary N) is 1. The van der Waals surface area contributed by atoms with Crippen molar-refractivity contribution in [1.82, 2.24) is 9.80 Å². The molecule has 92 valence electrons. The van der Waals surface area contributed by atoms with Crippen molar-refractivity contribution >= 4 is 0 Å². The number of likely N-dealkylation sites (N-methyl/N-ethyl adjacent to an activating group) is 1. The van der Waals surface area contributed by atoms with E-state index in [1.54, 1.807) is 0 Å². The van der Waals surface area contributed by atoms with Crippen molar-refractivity contribution in [3.8, 4) is 0 Å². The fourth-order valence-electron chi connectivity index (χ4n) is 2.00. The van der Waals surface area contributed by atoms with Crippen LogP contribution in [0.2, 0.25) is 0 Å². The van der Waals surface area contributed by atoms with Crippen molar-refractivity contribution in [3.63, 3.8) is 0 Å². The monoisotopic (exact) mass is 223 g/mol. The zero-order chi connectivity index (χ0) is 12.0. The molecule has 16 heavy (non-hydrogen) atoms. The first-order valence-electron chi connectivity index (χ1n) is 6.34. The predicted molar refractivity (Wildman–Crippen MR) is 70.0 cm³/mol. The molecule has 2 rings (SSSR count). The molecule has 1 aliphatic heterocycles. The van der Waals surface area contributed by atoms with Gasteiger partial charge in [0.1, 0.15) is 0 Å². The van der Waals surface area contributed by atoms with Crippen LogP contribution in [-0.4, -0.2) is 43.0 Å². The second-order valence-electron chi connectivity index (χ2n) is 4.19. The maximum absolute atomic E-state index is 5.74. The summed E-state index contributed by atoms with van der Waals surface area (Å²) in [4.78, 5) is 4.87. The molecule has 0 atom stereocenters. The highest BCUT2D eigenvalue weighted by Gasteiger charge is 2.16. The first-order valence-corrected chi connectivity index (χ1v) is 6.34. The molecule has 1 fully saturated rings. The van der Waals surface area contributed by atoms with Crippen molar-refractivity contribution in [1.29, 1.82) is 0 Å². The highest BCUT2D eigenvalue weighted by atomic mass is 15.2. The van der Waals surface area contributed by atoms with E-state index in [0.29, 0.717) is 0 Å². The number of hydrogen-bond acceptors (Lipinski definition) is 3. The molecule has 0 aromatic carbocycles. The van der Waals surface area contributed by atoms with E-state index in [0.717, 1.165) is 31.6 Å². The average Bonchev–Trinajstić information content (AvgIpc) is 2.34. The maximum atomic E-state index is 5.74. The van der Waals surface area contributed by atoms with Gasteiger partial charge in [-0.15, -0.1) is 0 Å². The van der Waals surface area contributed by atoms with Gasteiger partial charge in [0, 0.05) is 37.6 Å². The second kappa shape index (κ2) is 6.59. The SMILES string of the molecule is CC.CN1CCN(C2=CC=C(N)CC2)CC1. The molecule has 1 aliphatic carbocycles. The molecule has 3 heteroatoms. The van der Waals surface area contributed by atoms with E-state index in [1.165, 1.54) is 18.8 Å². The average molecular weight is 223 g/mol. The summed E-state index contributed by atoms with van der Waals surface area (Å²) in [6.45, 7) is 8.68. The Morgan fingerprint density at radius 3 is 2.12 bits per heavy atom. The van der Waals surface area contributed by atoms with Gasteiger partial charge in [-0.05, 0) is 32.0 Å². The summed E-state index contributed by atoms with van der Waals surface area (Å²) < 4.78 is 0. The first kappa shape index (κ1) is 13.1. The van der Waals surface area contributed by atoms with Crippen molar-refractivity contribution in [2.75, 3.05) is 33.2 Å². The summed E-state index contributed by atoms with van der Waals surface area (Å²) >= 11 is 0. The molecule has 0 unspecified atom stereocenters. The summed E-state index contributed by atoms with van der Waals surface area (Å²) in [7, 11) is 2.19. The molecule has 2 aliphatic rings. The van der Waals surface area contributed by atoms with Crippen LogP contribution in [0.25, 0.3) is 0 Å². The molecule has 0 aromatic heterocycles. The van der Waals surface area contributed by atoms with E-state index in [1.807, 2.05) is 13.8 Å². The largest absolute Gasteiger partial charge is 0.402 e. The van der Waals surface area contributed by atoms with E-state index in [9.17, 15) is 0 Å². The van der Waals surface area contributed by atoms with E-state index in [2.05, 4.69) is 29.0 Å². The minimum absolute atomic E-state index is 1.02. The molecule has 1 saturated heterocycles. The fraction of sp³-hybridized carbons (Fsp3) is 0.692. The number of nitrogens with zero attached hydrogens (tertiary/aromatic N) is 2. The Morgan fingerprint density at radius 2 is 1.62 bits per heavy atom. The van der Waals surface area contributed by atoms with Crippen molar-refractivity contribution < 1.29 is 0 Å². The Hall–Kier alpha value is -0.960. The first-order chi connectivity index (χ1) is 7.75. The minimum atomic E-state index is 1.02. The second-order valence-corrected chi connectivity index (χ2v) is 4.19. The smallest absolute Gasteiger partial charge is 0.0303 e. The molecule has 0 bridgehead atoms. The van der Waals surface area contributed by atoms with Gasteiger partial charge in [-0.25, -0.2) is 0 Å². The molecule has 0 radical (unpaired) electrons. The zero-order valence-electron chi connectivity index (χ0n) is 10.9. The summed E-state index contributed by atoms with van der Waals surface area (Å²) in [5, 5.41) is 0. The summed E-state index contributed by atoms with van der Waals surface area (Å²) in [5.41, 5.74) is 8.22. The van der Waals surface area contributed by atoms with Crippen molar-refractivity contribution in [2.24, 2.45) is 5.73 Å². The quantitative estimate of drug-likeness (QED) is 0.735. The lowest BCUT2D eigenvalue weighted by atomic mass is 10.1. The van der Waals surface area contributed by atoms with Crippen LogP contribution in [0.4, 0.5) is 0 Å². The fourth-order valence-corrected chi connectivity index (χ4v) is 2.00. The summed E-state index contributed by atoms with van der Waals surface area (Å²) in [5.74, 6) is 0. The zero-order valence-corrected chi connectivity index (χ0v) is 10.9. The summed E-state index contributed by atoms with van der Waals surface area (Å²) in [6.07, 6.45) is 6.38. The molecule has 2 N–H and O–H groups in total. The Balaban J connectivity index is 0.000000606. The van der Waals surface area contributed by atoms with Crippen LogP contribution < -0.4 is 5.73 Å². The number of piperazine rings is 1. The van der Waals surface area contributed by atoms with Gasteiger partial charge >= 0.3 is 0 Å². The van der Waals surface area contributed by atoms with Crippen LogP contribution in [-0.2, 0) is 0 Å². The Bertz CT molecular complexity index is 260. The lowest BCUT2D eigenvalue weighted by molar-refractivity contribution is 0.182. The highest BCUT2D eigenvalue weighted by molar-refractivity contribution is 5.21. The molecule has 0 saturated carbocycles. The Labute approximate surface area is 99.6 Å². The number of hydrogen-bond donors (Lipinski definition) is 1. The lowest BCUT2D eigenvalue weighted by Gasteiger charge is -2.36. The van der Waals surface area contributed by atoms with Crippen LogP contribution in [0, 0.1) is 0 Å². The molecule has 3 nitrogen and oxygen atoms in total. The standard InChI is InChI=1S/C11H19N3.C2H6/c1-13-6-8-14(9-7-13)11-4-2-10(12)3-5-11;1-2/h2,4H,3,5-9,12H2,1H3;1-2H3. The van der Waals surface area contributed by atoms with Gasteiger partial charge in [0.2, 0.25) is 0 Å². The molecule has 1 heterocycles. The van der Waals surface area contributed by atoms with Crippen LogP contribution >= 0.6 is 0 Å². The third kappa shape index (κ3) is 3.56. The van der Waals surface area contributed by atoms with Crippen LogP contribution in [0.5, 0.6) is 0 Å². The van der Waals surface area contributed by atoms with Gasteiger partial charge in [0.25, 0.3) is 0 Å². The summed E-state index contributed by atoms with van der Waals surface area (Å²) in [6, 6.07) is 0. The van der Waals surface area contributed by atoms with Gasteiger partial charge in [-0.1, -0.05) is 13.8 Å². The third-order valence-corrected chi connectivity index (χ3v) is 3.07. The Morgan fingerprint density at radius 1 is 1.00 bits per heavy atom. The maximum Gasteiger partial charge on any atom is 0.0303 e. The highest BCUT2D eigenvalue weighted by Crippen LogP contribution is 2.19. The predicted octanol–water partition coefficient (Wildman–Crippen LogP) is 1.78. The van der Waals surface area contributed by atoms with Gasteiger partial charge in [0.05, 0.1) is 0 Å². The molecule has 0 spiro atoms. The van der Waals surface area contributed by atoms with E-state index in [-0.39, 0.29) is 0 Å². The third-order valence-electron chi connectivity index (χ3n) is 3.07. The number of allylic oxidation sites excluding steroid dienone is 4. The topological polar surface area (TPSA) is 32.5 Å². The van der Waals surface area contributed by atoms with Crippen LogP contribution in [0.1, 0.15) is 26.7 Å². The normalized spacial score (nSPS) is 21.8. The molecular formula is C13H25N3. The van der Waals surface area contributed by atoms with Gasteiger partial charge in [0.15, 0.2) is 0 Å². The van der Waals surface area contributed by atoms with Crippen LogP contribution in [0.15, 0.2) is 23.5 Å². The van der Waals surface area contributed by atoms with Crippen LogP contribution in [0.3, 0.4) is 0 Å². The minimum Gasteiger partial charge on any atom is -0.402 e. The van der Waals surface area contributed by atoms with Crippen molar-refractivity contribution in [3.05, 3.63) is 23.5 Å².